The Balaban J connectivity index is 1.82. The summed E-state index contributed by atoms with van der Waals surface area (Å²) in [5.74, 6) is 0. The summed E-state index contributed by atoms with van der Waals surface area (Å²) in [6, 6.07) is -0.0115. The van der Waals surface area contributed by atoms with Gasteiger partial charge in [-0.05, 0) is 18.3 Å². The molecule has 3 nitrogen and oxygen atoms in total. The number of likely N-dealkylation sites (tertiary alicyclic amines) is 1. The maximum Gasteiger partial charge on any atom is 0.0609 e. The van der Waals surface area contributed by atoms with Crippen LogP contribution >= 0.6 is 0 Å². The fraction of sp³-hybridized carbons (Fsp3) is 1.00. The molecule has 1 spiro atoms. The summed E-state index contributed by atoms with van der Waals surface area (Å²) >= 11 is 0. The van der Waals surface area contributed by atoms with Crippen LogP contribution in [0, 0.1) is 5.41 Å². The van der Waals surface area contributed by atoms with Gasteiger partial charge < -0.3 is 10.2 Å². The number of hydrogen-bond acceptors (Lipinski definition) is 3. The molecule has 2 rings (SSSR count). The van der Waals surface area contributed by atoms with E-state index in [1.807, 2.05) is 0 Å². The Morgan fingerprint density at radius 1 is 1.00 bits per heavy atom. The molecule has 14 heavy (non-hydrogen) atoms. The third-order valence-corrected chi connectivity index (χ3v) is 3.93. The van der Waals surface area contributed by atoms with E-state index in [1.165, 1.54) is 32.1 Å². The highest BCUT2D eigenvalue weighted by Gasteiger charge is 2.45. The van der Waals surface area contributed by atoms with Crippen LogP contribution in [-0.4, -0.2) is 47.5 Å². The molecule has 0 aromatic carbocycles. The van der Waals surface area contributed by atoms with Crippen molar-refractivity contribution in [2.24, 2.45) is 5.41 Å². The van der Waals surface area contributed by atoms with Gasteiger partial charge in [-0.3, -0.25) is 4.90 Å². The number of rotatable bonds is 3. The average Bonchev–Trinajstić information content (AvgIpc) is 2.19. The summed E-state index contributed by atoms with van der Waals surface area (Å²) in [7, 11) is 0. The highest BCUT2D eigenvalue weighted by atomic mass is 16.3. The summed E-state index contributed by atoms with van der Waals surface area (Å²) in [6.07, 6.45) is 6.85. The van der Waals surface area contributed by atoms with Crippen LogP contribution in [0.3, 0.4) is 0 Å². The van der Waals surface area contributed by atoms with Gasteiger partial charge in [0.1, 0.15) is 0 Å². The molecule has 82 valence electrons. The summed E-state index contributed by atoms with van der Waals surface area (Å²) in [4.78, 5) is 2.23. The molecule has 3 heteroatoms. The summed E-state index contributed by atoms with van der Waals surface area (Å²) < 4.78 is 0. The van der Waals surface area contributed by atoms with Crippen molar-refractivity contribution >= 4 is 0 Å². The number of aliphatic hydroxyl groups excluding tert-OH is 2. The van der Waals surface area contributed by atoms with Crippen LogP contribution in [0.15, 0.2) is 0 Å². The zero-order valence-corrected chi connectivity index (χ0v) is 8.78. The van der Waals surface area contributed by atoms with Crippen molar-refractivity contribution in [3.05, 3.63) is 0 Å². The highest BCUT2D eigenvalue weighted by Crippen LogP contribution is 2.44. The molecule has 0 amide bonds. The first kappa shape index (κ1) is 10.4. The van der Waals surface area contributed by atoms with Gasteiger partial charge in [0, 0.05) is 13.1 Å². The Morgan fingerprint density at radius 2 is 1.57 bits per heavy atom. The normalized spacial score (nSPS) is 26.8. The van der Waals surface area contributed by atoms with Crippen LogP contribution in [0.4, 0.5) is 0 Å². The Hall–Kier alpha value is -0.120. The van der Waals surface area contributed by atoms with E-state index in [1.54, 1.807) is 0 Å². The molecule has 1 aliphatic heterocycles. The van der Waals surface area contributed by atoms with Crippen molar-refractivity contribution < 1.29 is 10.2 Å². The van der Waals surface area contributed by atoms with Crippen LogP contribution in [0.1, 0.15) is 32.1 Å². The number of aliphatic hydroxyl groups is 2. The van der Waals surface area contributed by atoms with E-state index < -0.39 is 0 Å². The largest absolute Gasteiger partial charge is 0.395 e. The molecule has 0 atom stereocenters. The standard InChI is InChI=1S/C11H21NO2/c13-6-10(7-14)12-8-11(9-12)4-2-1-3-5-11/h10,13-14H,1-9H2. The van der Waals surface area contributed by atoms with Crippen molar-refractivity contribution in [2.45, 2.75) is 38.1 Å². The first-order chi connectivity index (χ1) is 6.79. The van der Waals surface area contributed by atoms with Crippen molar-refractivity contribution in [1.29, 1.82) is 0 Å². The van der Waals surface area contributed by atoms with Gasteiger partial charge >= 0.3 is 0 Å². The molecular formula is C11H21NO2. The summed E-state index contributed by atoms with van der Waals surface area (Å²) in [5.41, 5.74) is 0.556. The second-order valence-electron chi connectivity index (χ2n) is 4.98. The molecule has 1 heterocycles. The first-order valence-electron chi connectivity index (χ1n) is 5.75. The smallest absolute Gasteiger partial charge is 0.0609 e. The molecular weight excluding hydrogens is 178 g/mol. The second-order valence-corrected chi connectivity index (χ2v) is 4.98. The van der Waals surface area contributed by atoms with E-state index >= 15 is 0 Å². The monoisotopic (exact) mass is 199 g/mol. The lowest BCUT2D eigenvalue weighted by atomic mass is 9.68. The molecule has 0 aromatic heterocycles. The Morgan fingerprint density at radius 3 is 2.07 bits per heavy atom. The Labute approximate surface area is 85.7 Å². The average molecular weight is 199 g/mol. The summed E-state index contributed by atoms with van der Waals surface area (Å²) in [5, 5.41) is 18.1. The maximum atomic E-state index is 9.05. The second kappa shape index (κ2) is 4.17. The third-order valence-electron chi connectivity index (χ3n) is 3.93. The zero-order valence-electron chi connectivity index (χ0n) is 8.78. The third kappa shape index (κ3) is 1.81. The number of hydrogen-bond donors (Lipinski definition) is 2. The molecule has 0 bridgehead atoms. The van der Waals surface area contributed by atoms with Gasteiger partial charge in [-0.25, -0.2) is 0 Å². The van der Waals surface area contributed by atoms with Gasteiger partial charge in [-0.2, -0.15) is 0 Å². The zero-order chi connectivity index (χ0) is 10.0. The topological polar surface area (TPSA) is 43.7 Å². The van der Waals surface area contributed by atoms with E-state index in [4.69, 9.17) is 10.2 Å². The summed E-state index contributed by atoms with van der Waals surface area (Å²) in [6.45, 7) is 2.37. The van der Waals surface area contributed by atoms with Crippen molar-refractivity contribution in [3.63, 3.8) is 0 Å². The minimum Gasteiger partial charge on any atom is -0.395 e. The quantitative estimate of drug-likeness (QED) is 0.700. The van der Waals surface area contributed by atoms with Gasteiger partial charge in [0.2, 0.25) is 0 Å². The SMILES string of the molecule is OCC(CO)N1CC2(CCCCC2)C1. The minimum atomic E-state index is -0.0115. The molecule has 1 saturated carbocycles. The molecule has 2 fully saturated rings. The van der Waals surface area contributed by atoms with Crippen molar-refractivity contribution in [1.82, 2.24) is 4.90 Å². The van der Waals surface area contributed by atoms with Crippen LogP contribution < -0.4 is 0 Å². The minimum absolute atomic E-state index is 0.0115. The predicted octanol–water partition coefficient (Wildman–Crippen LogP) is 0.606. The Bertz CT molecular complexity index is 178. The van der Waals surface area contributed by atoms with E-state index in [0.717, 1.165) is 13.1 Å². The molecule has 0 unspecified atom stereocenters. The van der Waals surface area contributed by atoms with Crippen molar-refractivity contribution in [3.8, 4) is 0 Å². The van der Waals surface area contributed by atoms with Crippen LogP contribution in [-0.2, 0) is 0 Å². The molecule has 1 aliphatic carbocycles. The lowest BCUT2D eigenvalue weighted by Crippen LogP contribution is -2.62. The van der Waals surface area contributed by atoms with Crippen molar-refractivity contribution in [2.75, 3.05) is 26.3 Å². The molecule has 1 saturated heterocycles. The predicted molar refractivity (Wildman–Crippen MR) is 55.1 cm³/mol. The van der Waals surface area contributed by atoms with Crippen LogP contribution in [0.5, 0.6) is 0 Å². The van der Waals surface area contributed by atoms with Gasteiger partial charge in [0.25, 0.3) is 0 Å². The van der Waals surface area contributed by atoms with Crippen LogP contribution in [0.25, 0.3) is 0 Å². The maximum absolute atomic E-state index is 9.05. The van der Waals surface area contributed by atoms with Gasteiger partial charge in [-0.15, -0.1) is 0 Å². The number of nitrogens with zero attached hydrogens (tertiary/aromatic N) is 1. The van der Waals surface area contributed by atoms with E-state index in [2.05, 4.69) is 4.90 Å². The van der Waals surface area contributed by atoms with E-state index in [9.17, 15) is 0 Å². The fourth-order valence-electron chi connectivity index (χ4n) is 2.98. The van der Waals surface area contributed by atoms with Gasteiger partial charge in [0.15, 0.2) is 0 Å². The first-order valence-corrected chi connectivity index (χ1v) is 5.75. The highest BCUT2D eigenvalue weighted by molar-refractivity contribution is 4.98. The van der Waals surface area contributed by atoms with E-state index in [0.29, 0.717) is 5.41 Å². The molecule has 2 N–H and O–H groups in total. The molecule has 0 aromatic rings. The lowest BCUT2D eigenvalue weighted by Gasteiger charge is -2.54. The molecule has 0 radical (unpaired) electrons. The lowest BCUT2D eigenvalue weighted by molar-refractivity contribution is -0.0781. The van der Waals surface area contributed by atoms with Gasteiger partial charge in [0.05, 0.1) is 19.3 Å². The van der Waals surface area contributed by atoms with Crippen LogP contribution in [0.2, 0.25) is 0 Å². The molecule has 2 aliphatic rings. The van der Waals surface area contributed by atoms with Gasteiger partial charge in [-0.1, -0.05) is 19.3 Å². The van der Waals surface area contributed by atoms with E-state index in [-0.39, 0.29) is 19.3 Å². The fourth-order valence-corrected chi connectivity index (χ4v) is 2.98. The Kier molecular flexibility index (Phi) is 3.10.